The summed E-state index contributed by atoms with van der Waals surface area (Å²) in [6.07, 6.45) is 19.2. The maximum absolute atomic E-state index is 12.0. The van der Waals surface area contributed by atoms with Crippen LogP contribution in [0.3, 0.4) is 0 Å². The Morgan fingerprint density at radius 3 is 0.831 bits per heavy atom. The second-order valence-corrected chi connectivity index (χ2v) is 15.5. The van der Waals surface area contributed by atoms with Gasteiger partial charge in [0.15, 0.2) is 0 Å². The van der Waals surface area contributed by atoms with Crippen LogP contribution in [0.5, 0.6) is 0 Å². The van der Waals surface area contributed by atoms with Crippen LogP contribution in [-0.2, 0) is 66.4 Å². The van der Waals surface area contributed by atoms with E-state index in [1.54, 1.807) is 18.2 Å². The van der Waals surface area contributed by atoms with E-state index in [1.807, 2.05) is 0 Å². The van der Waals surface area contributed by atoms with Crippen molar-refractivity contribution in [3.63, 3.8) is 0 Å². The van der Waals surface area contributed by atoms with E-state index >= 15 is 0 Å². The highest BCUT2D eigenvalue weighted by molar-refractivity contribution is 7.86. The smallest absolute Gasteiger partial charge is 0.297 e. The molecule has 14 nitrogen and oxygen atoms in total. The Hall–Kier alpha value is -1.31. The summed E-state index contributed by atoms with van der Waals surface area (Å²) in [7, 11) is -3.76. The molecule has 348 valence electrons. The average molecular weight is 867 g/mol. The molecule has 0 aliphatic rings. The first-order valence-electron chi connectivity index (χ1n) is 22.5. The summed E-state index contributed by atoms with van der Waals surface area (Å²) in [4.78, 5) is 0.122. The average Bonchev–Trinajstić information content (AvgIpc) is 3.25. The summed E-state index contributed by atoms with van der Waals surface area (Å²) in [6, 6.07) is 8.00. The van der Waals surface area contributed by atoms with E-state index in [9.17, 15) is 8.42 Å². The third-order valence-corrected chi connectivity index (χ3v) is 10.2. The van der Waals surface area contributed by atoms with Crippen molar-refractivity contribution in [3.8, 4) is 0 Å². The van der Waals surface area contributed by atoms with Gasteiger partial charge in [-0.1, -0.05) is 109 Å². The zero-order valence-corrected chi connectivity index (χ0v) is 37.5. The quantitative estimate of drug-likeness (QED) is 0.0487. The van der Waals surface area contributed by atoms with Gasteiger partial charge < -0.3 is 52.1 Å². The van der Waals surface area contributed by atoms with Gasteiger partial charge in [-0.3, -0.25) is 4.18 Å². The van der Waals surface area contributed by atoms with Crippen LogP contribution >= 0.6 is 0 Å². The molecular weight excluding hydrogens is 785 g/mol. The zero-order chi connectivity index (χ0) is 42.3. The van der Waals surface area contributed by atoms with Crippen LogP contribution in [0.15, 0.2) is 35.2 Å². The predicted octanol–water partition coefficient (Wildman–Crippen LogP) is 7.06. The molecule has 0 amide bonds. The topological polar surface area (TPSA) is 145 Å². The fourth-order valence-electron chi connectivity index (χ4n) is 5.56. The number of rotatable bonds is 50. The van der Waals surface area contributed by atoms with Gasteiger partial charge in [0, 0.05) is 6.61 Å². The molecule has 0 unspecified atom stereocenters. The number of hydrogen-bond acceptors (Lipinski definition) is 14. The van der Waals surface area contributed by atoms with Crippen molar-refractivity contribution in [1.29, 1.82) is 0 Å². The van der Waals surface area contributed by atoms with Gasteiger partial charge in [0.2, 0.25) is 0 Å². The summed E-state index contributed by atoms with van der Waals surface area (Å²) in [5.41, 5.74) is 0. The minimum Gasteiger partial charge on any atom is -0.379 e. The lowest BCUT2D eigenvalue weighted by Crippen LogP contribution is -2.16. The molecule has 0 aliphatic carbocycles. The van der Waals surface area contributed by atoms with Crippen LogP contribution in [0.1, 0.15) is 96.8 Å². The molecule has 0 spiro atoms. The summed E-state index contributed by atoms with van der Waals surface area (Å²) in [5, 5.41) is 0. The molecule has 0 atom stereocenters. The highest BCUT2D eigenvalue weighted by Gasteiger charge is 2.13. The first-order chi connectivity index (χ1) is 29.2. The SMILES string of the molecule is CCCCCCCCCCCCCCCCOCCOCCOCCOCCOCCOCCOCCOCCOCCOCCOCCOS(=O)(=O)c1ccccc1. The molecule has 59 heavy (non-hydrogen) atoms. The van der Waals surface area contributed by atoms with E-state index in [0.29, 0.717) is 132 Å². The Labute approximate surface area is 357 Å². The van der Waals surface area contributed by atoms with Crippen molar-refractivity contribution in [3.05, 3.63) is 30.3 Å². The maximum atomic E-state index is 12.0. The number of hydrogen-bond donors (Lipinski definition) is 0. The van der Waals surface area contributed by atoms with Crippen LogP contribution < -0.4 is 0 Å². The van der Waals surface area contributed by atoms with E-state index in [2.05, 4.69) is 6.92 Å². The number of benzene rings is 1. The van der Waals surface area contributed by atoms with E-state index < -0.39 is 10.1 Å². The first kappa shape index (κ1) is 55.7. The van der Waals surface area contributed by atoms with Crippen LogP contribution in [-0.4, -0.2) is 160 Å². The van der Waals surface area contributed by atoms with Gasteiger partial charge in [0.25, 0.3) is 10.1 Å². The normalized spacial score (nSPS) is 11.9. The van der Waals surface area contributed by atoms with Crippen LogP contribution in [0, 0.1) is 0 Å². The van der Waals surface area contributed by atoms with Crippen molar-refractivity contribution >= 4 is 10.1 Å². The summed E-state index contributed by atoms with van der Waals surface area (Å²) in [6.45, 7) is 13.1. The van der Waals surface area contributed by atoms with Gasteiger partial charge in [0.1, 0.15) is 0 Å². The van der Waals surface area contributed by atoms with Crippen LogP contribution in [0.2, 0.25) is 0 Å². The zero-order valence-electron chi connectivity index (χ0n) is 36.7. The Morgan fingerprint density at radius 1 is 0.305 bits per heavy atom. The molecule has 0 saturated carbocycles. The Balaban J connectivity index is 1.62. The van der Waals surface area contributed by atoms with Gasteiger partial charge in [-0.05, 0) is 18.6 Å². The second-order valence-electron chi connectivity index (χ2n) is 13.9. The maximum Gasteiger partial charge on any atom is 0.297 e. The van der Waals surface area contributed by atoms with Crippen molar-refractivity contribution in [2.75, 3.05) is 152 Å². The van der Waals surface area contributed by atoms with E-state index in [0.717, 1.165) is 13.0 Å². The highest BCUT2D eigenvalue weighted by atomic mass is 32.2. The molecular formula is C44H82O14S. The fourth-order valence-corrected chi connectivity index (χ4v) is 6.47. The molecule has 0 aliphatic heterocycles. The van der Waals surface area contributed by atoms with Crippen LogP contribution in [0.4, 0.5) is 0 Å². The molecule has 1 rings (SSSR count). The minimum atomic E-state index is -3.76. The van der Waals surface area contributed by atoms with Gasteiger partial charge in [-0.15, -0.1) is 0 Å². The molecule has 0 heterocycles. The van der Waals surface area contributed by atoms with Gasteiger partial charge in [0.05, 0.1) is 150 Å². The molecule has 1 aromatic rings. The minimum absolute atomic E-state index is 0.0575. The van der Waals surface area contributed by atoms with Gasteiger partial charge >= 0.3 is 0 Å². The third-order valence-electron chi connectivity index (χ3n) is 8.86. The third kappa shape index (κ3) is 41.8. The Kier molecular flexibility index (Phi) is 43.6. The summed E-state index contributed by atoms with van der Waals surface area (Å²) in [5.74, 6) is 0. The van der Waals surface area contributed by atoms with Crippen molar-refractivity contribution in [2.45, 2.75) is 102 Å². The number of ether oxygens (including phenoxy) is 11. The second kappa shape index (κ2) is 46.2. The lowest BCUT2D eigenvalue weighted by molar-refractivity contribution is -0.0277. The first-order valence-corrected chi connectivity index (χ1v) is 23.9. The summed E-state index contributed by atoms with van der Waals surface area (Å²) < 4.78 is 89.5. The highest BCUT2D eigenvalue weighted by Crippen LogP contribution is 2.13. The van der Waals surface area contributed by atoms with Crippen LogP contribution in [0.25, 0.3) is 0 Å². The standard InChI is InChI=1S/C44H82O14S/c1-2-3-4-5-6-7-8-9-10-11-12-13-14-18-21-47-22-23-48-24-25-49-26-27-50-28-29-51-30-31-52-32-33-53-34-35-54-36-37-55-38-39-56-40-41-57-42-43-58-59(45,46)44-19-16-15-17-20-44/h15-17,19-20H,2-14,18,21-43H2,1H3. The Morgan fingerprint density at radius 2 is 0.542 bits per heavy atom. The van der Waals surface area contributed by atoms with Gasteiger partial charge in [-0.2, -0.15) is 8.42 Å². The van der Waals surface area contributed by atoms with Gasteiger partial charge in [-0.25, -0.2) is 0 Å². The molecule has 1 aromatic carbocycles. The molecule has 15 heteroatoms. The van der Waals surface area contributed by atoms with E-state index in [4.69, 9.17) is 56.3 Å². The molecule has 0 aromatic heterocycles. The molecule has 0 radical (unpaired) electrons. The van der Waals surface area contributed by atoms with Crippen molar-refractivity contribution in [2.24, 2.45) is 0 Å². The summed E-state index contributed by atoms with van der Waals surface area (Å²) >= 11 is 0. The largest absolute Gasteiger partial charge is 0.379 e. The molecule has 0 N–H and O–H groups in total. The molecule has 0 bridgehead atoms. The van der Waals surface area contributed by atoms with E-state index in [-0.39, 0.29) is 18.1 Å². The lowest BCUT2D eigenvalue weighted by atomic mass is 10.0. The molecule has 0 fully saturated rings. The number of unbranched alkanes of at least 4 members (excludes halogenated alkanes) is 13. The fraction of sp³-hybridized carbons (Fsp3) is 0.864. The Bertz CT molecular complexity index is 1050. The van der Waals surface area contributed by atoms with Crippen molar-refractivity contribution in [1.82, 2.24) is 0 Å². The monoisotopic (exact) mass is 867 g/mol. The van der Waals surface area contributed by atoms with E-state index in [1.165, 1.54) is 95.6 Å². The molecule has 0 saturated heterocycles. The van der Waals surface area contributed by atoms with Crippen molar-refractivity contribution < 1.29 is 64.7 Å². The lowest BCUT2D eigenvalue weighted by Gasteiger charge is -2.09. The predicted molar refractivity (Wildman–Crippen MR) is 229 cm³/mol.